The Kier molecular flexibility index (Phi) is 6.87. The Morgan fingerprint density at radius 3 is 2.33 bits per heavy atom. The fourth-order valence-corrected chi connectivity index (χ4v) is 2.87. The highest BCUT2D eigenvalue weighted by Gasteiger charge is 2.14. The molecule has 0 amide bonds. The molecule has 0 saturated heterocycles. The van der Waals surface area contributed by atoms with Gasteiger partial charge in [-0.15, -0.1) is 0 Å². The zero-order valence-electron chi connectivity index (χ0n) is 13.9. The van der Waals surface area contributed by atoms with Crippen LogP contribution in [0.2, 0.25) is 0 Å². The van der Waals surface area contributed by atoms with Crippen molar-refractivity contribution in [2.45, 2.75) is 19.4 Å². The van der Waals surface area contributed by atoms with Crippen LogP contribution in [0.25, 0.3) is 0 Å². The second kappa shape index (κ2) is 8.89. The summed E-state index contributed by atoms with van der Waals surface area (Å²) in [7, 11) is 3.26. The zero-order chi connectivity index (χ0) is 17.5. The SMILES string of the molecule is CCC(NC(=S)Nc1ccc(Br)cc1)c1ccc(OC)c(OC)c1. The highest BCUT2D eigenvalue weighted by atomic mass is 79.9. The van der Waals surface area contributed by atoms with Gasteiger partial charge in [-0.2, -0.15) is 0 Å². The molecule has 4 nitrogen and oxygen atoms in total. The Balaban J connectivity index is 2.08. The second-order valence-electron chi connectivity index (χ2n) is 5.18. The van der Waals surface area contributed by atoms with E-state index in [0.29, 0.717) is 16.6 Å². The van der Waals surface area contributed by atoms with Crippen molar-refractivity contribution in [2.75, 3.05) is 19.5 Å². The summed E-state index contributed by atoms with van der Waals surface area (Å²) < 4.78 is 11.7. The molecule has 2 N–H and O–H groups in total. The first-order valence-electron chi connectivity index (χ1n) is 7.62. The van der Waals surface area contributed by atoms with Gasteiger partial charge in [0.1, 0.15) is 0 Å². The maximum atomic E-state index is 5.43. The van der Waals surface area contributed by atoms with Gasteiger partial charge >= 0.3 is 0 Å². The maximum Gasteiger partial charge on any atom is 0.171 e. The quantitative estimate of drug-likeness (QED) is 0.664. The number of halogens is 1. The first kappa shape index (κ1) is 18.5. The summed E-state index contributed by atoms with van der Waals surface area (Å²) in [4.78, 5) is 0. The van der Waals surface area contributed by atoms with Crippen molar-refractivity contribution < 1.29 is 9.47 Å². The minimum absolute atomic E-state index is 0.0836. The van der Waals surface area contributed by atoms with E-state index in [1.54, 1.807) is 14.2 Å². The summed E-state index contributed by atoms with van der Waals surface area (Å²) in [6.45, 7) is 2.11. The number of hydrogen-bond acceptors (Lipinski definition) is 3. The van der Waals surface area contributed by atoms with Crippen molar-refractivity contribution in [1.29, 1.82) is 0 Å². The molecule has 0 bridgehead atoms. The molecule has 0 heterocycles. The van der Waals surface area contributed by atoms with Gasteiger partial charge in [-0.1, -0.05) is 28.9 Å². The molecule has 2 aromatic carbocycles. The van der Waals surface area contributed by atoms with Crippen LogP contribution in [0, 0.1) is 0 Å². The number of rotatable bonds is 6. The van der Waals surface area contributed by atoms with Crippen LogP contribution >= 0.6 is 28.1 Å². The lowest BCUT2D eigenvalue weighted by Gasteiger charge is -2.21. The highest BCUT2D eigenvalue weighted by molar-refractivity contribution is 9.10. The van der Waals surface area contributed by atoms with Crippen molar-refractivity contribution >= 4 is 38.9 Å². The number of methoxy groups -OCH3 is 2. The molecule has 0 aliphatic rings. The van der Waals surface area contributed by atoms with E-state index in [2.05, 4.69) is 33.5 Å². The Morgan fingerprint density at radius 2 is 1.75 bits per heavy atom. The van der Waals surface area contributed by atoms with Crippen molar-refractivity contribution in [3.05, 3.63) is 52.5 Å². The smallest absolute Gasteiger partial charge is 0.171 e. The third-order valence-corrected chi connectivity index (χ3v) is 4.37. The molecule has 1 atom stereocenters. The fourth-order valence-electron chi connectivity index (χ4n) is 2.35. The summed E-state index contributed by atoms with van der Waals surface area (Å²) in [6.07, 6.45) is 0.887. The van der Waals surface area contributed by atoms with Gasteiger partial charge in [-0.25, -0.2) is 0 Å². The molecule has 128 valence electrons. The first-order valence-corrected chi connectivity index (χ1v) is 8.82. The molecular weight excluding hydrogens is 388 g/mol. The van der Waals surface area contributed by atoms with Gasteiger partial charge in [0, 0.05) is 10.2 Å². The average molecular weight is 409 g/mol. The predicted octanol–water partition coefficient (Wildman–Crippen LogP) is 4.90. The summed E-state index contributed by atoms with van der Waals surface area (Å²) in [5.41, 5.74) is 2.04. The molecular formula is C18H21BrN2O2S. The van der Waals surface area contributed by atoms with Gasteiger partial charge in [0.05, 0.1) is 20.3 Å². The zero-order valence-corrected chi connectivity index (χ0v) is 16.3. The minimum atomic E-state index is 0.0836. The molecule has 0 fully saturated rings. The highest BCUT2D eigenvalue weighted by Crippen LogP contribution is 2.30. The molecule has 0 spiro atoms. The van der Waals surface area contributed by atoms with Gasteiger partial charge in [0.2, 0.25) is 0 Å². The Bertz CT molecular complexity index is 692. The maximum absolute atomic E-state index is 5.43. The number of nitrogens with one attached hydrogen (secondary N) is 2. The van der Waals surface area contributed by atoms with Gasteiger partial charge in [-0.05, 0) is 60.6 Å². The molecule has 0 radical (unpaired) electrons. The molecule has 24 heavy (non-hydrogen) atoms. The van der Waals surface area contributed by atoms with Crippen molar-refractivity contribution in [3.63, 3.8) is 0 Å². The Hall–Kier alpha value is -1.79. The topological polar surface area (TPSA) is 42.5 Å². The molecule has 0 saturated carbocycles. The van der Waals surface area contributed by atoms with Crippen molar-refractivity contribution in [1.82, 2.24) is 5.32 Å². The van der Waals surface area contributed by atoms with Gasteiger partial charge in [0.25, 0.3) is 0 Å². The van der Waals surface area contributed by atoms with Crippen LogP contribution in [0.3, 0.4) is 0 Å². The van der Waals surface area contributed by atoms with Crippen LogP contribution in [-0.2, 0) is 0 Å². The third kappa shape index (κ3) is 4.85. The van der Waals surface area contributed by atoms with Crippen molar-refractivity contribution in [3.8, 4) is 11.5 Å². The van der Waals surface area contributed by atoms with E-state index in [-0.39, 0.29) is 6.04 Å². The standard InChI is InChI=1S/C18H21BrN2O2S/c1-4-15(12-5-10-16(22-2)17(11-12)23-3)21-18(24)20-14-8-6-13(19)7-9-14/h5-11,15H,4H2,1-3H3,(H2,20,21,24). The number of hydrogen-bond donors (Lipinski definition) is 2. The average Bonchev–Trinajstić information content (AvgIpc) is 2.61. The van der Waals surface area contributed by atoms with E-state index in [9.17, 15) is 0 Å². The van der Waals surface area contributed by atoms with Gasteiger partial charge in [0.15, 0.2) is 16.6 Å². The third-order valence-electron chi connectivity index (χ3n) is 3.63. The van der Waals surface area contributed by atoms with Crippen LogP contribution in [0.5, 0.6) is 11.5 Å². The molecule has 0 aliphatic heterocycles. The Labute approximate surface area is 156 Å². The first-order chi connectivity index (χ1) is 11.6. The van der Waals surface area contributed by atoms with Crippen LogP contribution in [0.15, 0.2) is 46.9 Å². The number of thiocarbonyl (C=S) groups is 1. The van der Waals surface area contributed by atoms with Gasteiger partial charge in [-0.3, -0.25) is 0 Å². The fraction of sp³-hybridized carbons (Fsp3) is 0.278. The monoisotopic (exact) mass is 408 g/mol. The molecule has 2 aromatic rings. The lowest BCUT2D eigenvalue weighted by Crippen LogP contribution is -2.32. The number of ether oxygens (including phenoxy) is 2. The molecule has 6 heteroatoms. The molecule has 1 unspecified atom stereocenters. The summed E-state index contributed by atoms with van der Waals surface area (Å²) in [5.74, 6) is 1.42. The molecule has 0 aliphatic carbocycles. The number of benzene rings is 2. The summed E-state index contributed by atoms with van der Waals surface area (Å²) in [6, 6.07) is 13.9. The molecule has 2 rings (SSSR count). The number of anilines is 1. The predicted molar refractivity (Wildman–Crippen MR) is 106 cm³/mol. The Morgan fingerprint density at radius 1 is 1.08 bits per heavy atom. The lowest BCUT2D eigenvalue weighted by molar-refractivity contribution is 0.354. The van der Waals surface area contributed by atoms with Crippen LogP contribution < -0.4 is 20.1 Å². The van der Waals surface area contributed by atoms with E-state index in [1.165, 1.54) is 0 Å². The normalized spacial score (nSPS) is 11.5. The van der Waals surface area contributed by atoms with Gasteiger partial charge < -0.3 is 20.1 Å². The van der Waals surface area contributed by atoms with E-state index >= 15 is 0 Å². The second-order valence-corrected chi connectivity index (χ2v) is 6.50. The van der Waals surface area contributed by atoms with E-state index in [1.807, 2.05) is 42.5 Å². The minimum Gasteiger partial charge on any atom is -0.493 e. The van der Waals surface area contributed by atoms with Crippen LogP contribution in [-0.4, -0.2) is 19.3 Å². The van der Waals surface area contributed by atoms with E-state index < -0.39 is 0 Å². The van der Waals surface area contributed by atoms with Crippen LogP contribution in [0.4, 0.5) is 5.69 Å². The van der Waals surface area contributed by atoms with Crippen molar-refractivity contribution in [2.24, 2.45) is 0 Å². The van der Waals surface area contributed by atoms with E-state index in [4.69, 9.17) is 21.7 Å². The summed E-state index contributed by atoms with van der Waals surface area (Å²) in [5, 5.41) is 7.13. The van der Waals surface area contributed by atoms with E-state index in [0.717, 1.165) is 22.1 Å². The van der Waals surface area contributed by atoms with Crippen LogP contribution in [0.1, 0.15) is 24.9 Å². The lowest BCUT2D eigenvalue weighted by atomic mass is 10.0. The largest absolute Gasteiger partial charge is 0.493 e. The molecule has 0 aromatic heterocycles. The summed E-state index contributed by atoms with van der Waals surface area (Å²) >= 11 is 8.85.